The predicted molar refractivity (Wildman–Crippen MR) is 37.4 cm³/mol. The zero-order valence-corrected chi connectivity index (χ0v) is 5.41. The molecule has 2 nitrogen and oxygen atoms in total. The van der Waals surface area contributed by atoms with Crippen molar-refractivity contribution in [3.05, 3.63) is 37.1 Å². The van der Waals surface area contributed by atoms with Gasteiger partial charge in [-0.3, -0.25) is 5.11 Å². The third kappa shape index (κ3) is 1.52. The van der Waals surface area contributed by atoms with Crippen LogP contribution >= 0.6 is 0 Å². The molecule has 51 valence electrons. The quantitative estimate of drug-likeness (QED) is 0.572. The van der Waals surface area contributed by atoms with E-state index in [9.17, 15) is 5.11 Å². The highest BCUT2D eigenvalue weighted by Gasteiger charge is 1.90. The molecule has 0 fully saturated rings. The summed E-state index contributed by atoms with van der Waals surface area (Å²) >= 11 is 0. The molecule has 0 saturated heterocycles. The van der Waals surface area contributed by atoms with Gasteiger partial charge in [-0.05, 0) is 24.3 Å². The molecule has 0 bridgehead atoms. The van der Waals surface area contributed by atoms with Gasteiger partial charge in [0.25, 0.3) is 0 Å². The lowest BCUT2D eigenvalue weighted by Gasteiger charge is -1.96. The van der Waals surface area contributed by atoms with Gasteiger partial charge in [-0.1, -0.05) is 6.58 Å². The van der Waals surface area contributed by atoms with E-state index in [1.165, 1.54) is 18.4 Å². The van der Waals surface area contributed by atoms with Crippen LogP contribution in [-0.2, 0) is 5.11 Å². The van der Waals surface area contributed by atoms with Crippen molar-refractivity contribution in [1.29, 1.82) is 0 Å². The molecule has 2 heteroatoms. The van der Waals surface area contributed by atoms with Crippen molar-refractivity contribution >= 4 is 0 Å². The SMILES string of the molecule is C=COc1ccc([O])cc1. The van der Waals surface area contributed by atoms with Crippen molar-refractivity contribution in [3.8, 4) is 11.5 Å². The van der Waals surface area contributed by atoms with Crippen LogP contribution in [0.3, 0.4) is 0 Å². The molecule has 10 heavy (non-hydrogen) atoms. The second-order valence-corrected chi connectivity index (χ2v) is 1.76. The van der Waals surface area contributed by atoms with Crippen LogP contribution in [0.4, 0.5) is 0 Å². The Kier molecular flexibility index (Phi) is 1.95. The summed E-state index contributed by atoms with van der Waals surface area (Å²) in [6.07, 6.45) is 1.32. The van der Waals surface area contributed by atoms with Crippen LogP contribution in [0, 0.1) is 0 Å². The van der Waals surface area contributed by atoms with Crippen LogP contribution in [0.15, 0.2) is 37.1 Å². The summed E-state index contributed by atoms with van der Waals surface area (Å²) in [5.74, 6) is 0.617. The lowest BCUT2D eigenvalue weighted by Crippen LogP contribution is -1.77. The van der Waals surface area contributed by atoms with Crippen LogP contribution in [0.1, 0.15) is 0 Å². The van der Waals surface area contributed by atoms with Gasteiger partial charge in [0.1, 0.15) is 5.75 Å². The van der Waals surface area contributed by atoms with E-state index in [0.29, 0.717) is 5.75 Å². The summed E-state index contributed by atoms with van der Waals surface area (Å²) in [7, 11) is 0. The standard InChI is InChI=1S/C8H7O2/c1-2-10-8-5-3-7(9)4-6-8/h2-6H,1H2. The number of ether oxygens (including phenoxy) is 1. The van der Waals surface area contributed by atoms with Crippen molar-refractivity contribution in [1.82, 2.24) is 0 Å². The monoisotopic (exact) mass is 135 g/mol. The molecule has 0 aromatic heterocycles. The average molecular weight is 135 g/mol. The molecule has 0 saturated carbocycles. The maximum absolute atomic E-state index is 10.5. The van der Waals surface area contributed by atoms with Gasteiger partial charge >= 0.3 is 0 Å². The maximum Gasteiger partial charge on any atom is 0.178 e. The second-order valence-electron chi connectivity index (χ2n) is 1.76. The lowest BCUT2D eigenvalue weighted by molar-refractivity contribution is 0.354. The highest BCUT2D eigenvalue weighted by Crippen LogP contribution is 2.16. The van der Waals surface area contributed by atoms with E-state index in [4.69, 9.17) is 4.74 Å². The van der Waals surface area contributed by atoms with E-state index in [2.05, 4.69) is 6.58 Å². The van der Waals surface area contributed by atoms with Gasteiger partial charge in [0, 0.05) is 0 Å². The van der Waals surface area contributed by atoms with Gasteiger partial charge in [0.05, 0.1) is 6.26 Å². The minimum Gasteiger partial charge on any atom is -0.466 e. The normalized spacial score (nSPS) is 8.80. The molecule has 0 atom stereocenters. The van der Waals surface area contributed by atoms with Crippen LogP contribution in [0.2, 0.25) is 0 Å². The Morgan fingerprint density at radius 2 is 1.90 bits per heavy atom. The average Bonchev–Trinajstić information content (AvgIpc) is 1.95. The first kappa shape index (κ1) is 6.68. The van der Waals surface area contributed by atoms with Crippen LogP contribution < -0.4 is 4.74 Å². The molecule has 0 aliphatic rings. The predicted octanol–water partition coefficient (Wildman–Crippen LogP) is 2.35. The van der Waals surface area contributed by atoms with Gasteiger partial charge in [0.15, 0.2) is 5.75 Å². The molecule has 0 spiro atoms. The maximum atomic E-state index is 10.5. The highest BCUT2D eigenvalue weighted by atomic mass is 16.5. The minimum absolute atomic E-state index is 0.0172. The topological polar surface area (TPSA) is 29.1 Å². The first-order chi connectivity index (χ1) is 4.83. The molecule has 0 unspecified atom stereocenters. The fraction of sp³-hybridized carbons (Fsp3) is 0. The summed E-state index contributed by atoms with van der Waals surface area (Å²) in [5, 5.41) is 10.5. The number of rotatable bonds is 2. The Bertz CT molecular complexity index is 213. The Labute approximate surface area is 59.4 Å². The van der Waals surface area contributed by atoms with E-state index < -0.39 is 0 Å². The van der Waals surface area contributed by atoms with Gasteiger partial charge in [-0.25, -0.2) is 0 Å². The summed E-state index contributed by atoms with van der Waals surface area (Å²) in [6, 6.07) is 6.09. The van der Waals surface area contributed by atoms with E-state index in [-0.39, 0.29) is 5.75 Å². The van der Waals surface area contributed by atoms with Crippen molar-refractivity contribution in [2.45, 2.75) is 0 Å². The van der Waals surface area contributed by atoms with Gasteiger partial charge < -0.3 is 4.74 Å². The summed E-state index contributed by atoms with van der Waals surface area (Å²) < 4.78 is 4.89. The van der Waals surface area contributed by atoms with Crippen LogP contribution in [0.25, 0.3) is 0 Å². The highest BCUT2D eigenvalue weighted by molar-refractivity contribution is 5.30. The number of hydrogen-bond donors (Lipinski definition) is 0. The molecular formula is C8H7O2. The summed E-state index contributed by atoms with van der Waals surface area (Å²) in [4.78, 5) is 0. The zero-order chi connectivity index (χ0) is 7.40. The number of benzene rings is 1. The molecule has 1 radical (unpaired) electrons. The minimum atomic E-state index is -0.0172. The molecule has 0 N–H and O–H groups in total. The molecule has 0 amide bonds. The van der Waals surface area contributed by atoms with Crippen molar-refractivity contribution in [2.75, 3.05) is 0 Å². The Morgan fingerprint density at radius 3 is 2.40 bits per heavy atom. The Hall–Kier alpha value is -1.44. The molecule has 0 aliphatic heterocycles. The van der Waals surface area contributed by atoms with Crippen LogP contribution in [0.5, 0.6) is 11.5 Å². The summed E-state index contributed by atoms with van der Waals surface area (Å²) in [5.41, 5.74) is 0. The second kappa shape index (κ2) is 2.92. The smallest absolute Gasteiger partial charge is 0.178 e. The number of hydrogen-bond acceptors (Lipinski definition) is 1. The van der Waals surface area contributed by atoms with Crippen molar-refractivity contribution in [2.24, 2.45) is 0 Å². The largest absolute Gasteiger partial charge is 0.466 e. The van der Waals surface area contributed by atoms with E-state index in [1.54, 1.807) is 12.1 Å². The Balaban J connectivity index is 2.78. The first-order valence-electron chi connectivity index (χ1n) is 2.87. The first-order valence-corrected chi connectivity index (χ1v) is 2.87. The molecule has 1 aromatic rings. The van der Waals surface area contributed by atoms with E-state index in [0.717, 1.165) is 0 Å². The zero-order valence-electron chi connectivity index (χ0n) is 5.41. The molecular weight excluding hydrogens is 128 g/mol. The third-order valence-electron chi connectivity index (χ3n) is 1.04. The summed E-state index contributed by atoms with van der Waals surface area (Å²) in [6.45, 7) is 3.38. The van der Waals surface area contributed by atoms with Crippen molar-refractivity contribution < 1.29 is 9.84 Å². The van der Waals surface area contributed by atoms with Gasteiger partial charge in [0.2, 0.25) is 0 Å². The Morgan fingerprint density at radius 1 is 1.30 bits per heavy atom. The molecule has 1 aromatic carbocycles. The van der Waals surface area contributed by atoms with E-state index >= 15 is 0 Å². The molecule has 1 rings (SSSR count). The third-order valence-corrected chi connectivity index (χ3v) is 1.04. The van der Waals surface area contributed by atoms with Crippen LogP contribution in [-0.4, -0.2) is 0 Å². The molecule has 0 heterocycles. The van der Waals surface area contributed by atoms with Gasteiger partial charge in [-0.2, -0.15) is 0 Å². The van der Waals surface area contributed by atoms with E-state index in [1.807, 2.05) is 0 Å². The fourth-order valence-corrected chi connectivity index (χ4v) is 0.614. The van der Waals surface area contributed by atoms with Crippen molar-refractivity contribution in [3.63, 3.8) is 0 Å². The van der Waals surface area contributed by atoms with Gasteiger partial charge in [-0.15, -0.1) is 0 Å². The molecule has 0 aliphatic carbocycles. The fourth-order valence-electron chi connectivity index (χ4n) is 0.614. The lowest BCUT2D eigenvalue weighted by atomic mass is 10.3.